The van der Waals surface area contributed by atoms with Gasteiger partial charge in [-0.1, -0.05) is 17.7 Å². The molecule has 0 saturated carbocycles. The number of ether oxygens (including phenoxy) is 1. The normalized spacial score (nSPS) is 15.9. The molecule has 0 aromatic heterocycles. The second-order valence-electron chi connectivity index (χ2n) is 4.35. The van der Waals surface area contributed by atoms with E-state index < -0.39 is 0 Å². The highest BCUT2D eigenvalue weighted by Crippen LogP contribution is 2.25. The van der Waals surface area contributed by atoms with Crippen LogP contribution in [-0.2, 0) is 5.75 Å². The minimum atomic E-state index is 0.876. The molecule has 1 heterocycles. The van der Waals surface area contributed by atoms with Gasteiger partial charge in [-0.2, -0.15) is 11.8 Å². The molecule has 0 aliphatic carbocycles. The molecule has 1 saturated heterocycles. The average Bonchev–Trinajstić information content (AvgIpc) is 2.22. The lowest BCUT2D eigenvalue weighted by molar-refractivity contribution is 0.385. The van der Waals surface area contributed by atoms with Crippen LogP contribution >= 0.6 is 11.8 Å². The van der Waals surface area contributed by atoms with Crippen LogP contribution in [0.4, 0.5) is 0 Å². The Bertz CT molecular complexity index is 350. The van der Waals surface area contributed by atoms with Crippen molar-refractivity contribution in [1.82, 2.24) is 5.32 Å². The van der Waals surface area contributed by atoms with Crippen LogP contribution in [0.5, 0.6) is 5.75 Å². The van der Waals surface area contributed by atoms with Crippen molar-refractivity contribution < 1.29 is 4.74 Å². The van der Waals surface area contributed by atoms with Gasteiger partial charge in [0.05, 0.1) is 7.11 Å². The average molecular weight is 237 g/mol. The van der Waals surface area contributed by atoms with Crippen molar-refractivity contribution in [3.63, 3.8) is 0 Å². The lowest BCUT2D eigenvalue weighted by Gasteiger charge is -2.26. The number of methoxy groups -OCH3 is 1. The van der Waals surface area contributed by atoms with Crippen LogP contribution in [0.25, 0.3) is 0 Å². The Labute approximate surface area is 102 Å². The highest BCUT2D eigenvalue weighted by Gasteiger charge is 2.16. The Balaban J connectivity index is 1.88. The smallest absolute Gasteiger partial charge is 0.122 e. The maximum Gasteiger partial charge on any atom is 0.122 e. The van der Waals surface area contributed by atoms with Gasteiger partial charge in [-0.25, -0.2) is 0 Å². The van der Waals surface area contributed by atoms with E-state index in [1.807, 2.05) is 11.8 Å². The van der Waals surface area contributed by atoms with Crippen molar-refractivity contribution in [3.05, 3.63) is 29.3 Å². The van der Waals surface area contributed by atoms with Gasteiger partial charge in [-0.05, 0) is 37.8 Å². The van der Waals surface area contributed by atoms with E-state index in [-0.39, 0.29) is 0 Å². The van der Waals surface area contributed by atoms with Crippen LogP contribution in [-0.4, -0.2) is 26.0 Å². The Hall–Kier alpha value is -0.670. The fourth-order valence-corrected chi connectivity index (χ4v) is 2.95. The van der Waals surface area contributed by atoms with Crippen LogP contribution < -0.4 is 10.1 Å². The maximum absolute atomic E-state index is 5.37. The van der Waals surface area contributed by atoms with Crippen molar-refractivity contribution in [2.75, 3.05) is 26.0 Å². The van der Waals surface area contributed by atoms with E-state index in [1.54, 1.807) is 7.11 Å². The van der Waals surface area contributed by atoms with Crippen molar-refractivity contribution in [3.8, 4) is 5.75 Å². The molecule has 1 N–H and O–H groups in total. The fourth-order valence-electron chi connectivity index (χ4n) is 1.82. The molecule has 0 spiro atoms. The van der Waals surface area contributed by atoms with Gasteiger partial charge in [0.15, 0.2) is 0 Å². The summed E-state index contributed by atoms with van der Waals surface area (Å²) in [5.74, 6) is 4.21. The van der Waals surface area contributed by atoms with Gasteiger partial charge >= 0.3 is 0 Å². The summed E-state index contributed by atoms with van der Waals surface area (Å²) in [6.07, 6.45) is 0. The van der Waals surface area contributed by atoms with Crippen LogP contribution in [0.1, 0.15) is 11.1 Å². The van der Waals surface area contributed by atoms with E-state index >= 15 is 0 Å². The predicted octanol–water partition coefficient (Wildman–Crippen LogP) is 2.46. The van der Waals surface area contributed by atoms with E-state index in [9.17, 15) is 0 Å². The number of aryl methyl sites for hydroxylation is 1. The van der Waals surface area contributed by atoms with Crippen molar-refractivity contribution in [2.45, 2.75) is 12.7 Å². The number of hydrogen-bond donors (Lipinski definition) is 1. The number of rotatable bonds is 5. The molecule has 16 heavy (non-hydrogen) atoms. The number of nitrogens with one attached hydrogen (secondary N) is 1. The first-order chi connectivity index (χ1) is 7.79. The second-order valence-corrected chi connectivity index (χ2v) is 5.38. The molecule has 0 radical (unpaired) electrons. The first-order valence-electron chi connectivity index (χ1n) is 5.71. The monoisotopic (exact) mass is 237 g/mol. The number of benzene rings is 1. The van der Waals surface area contributed by atoms with Crippen LogP contribution in [0, 0.1) is 12.8 Å². The Morgan fingerprint density at radius 1 is 1.44 bits per heavy atom. The molecule has 0 unspecified atom stereocenters. The number of thioether (sulfide) groups is 1. The summed E-state index contributed by atoms with van der Waals surface area (Å²) in [5, 5.41) is 3.30. The Kier molecular flexibility index (Phi) is 4.13. The second kappa shape index (κ2) is 5.60. The molecule has 1 aromatic carbocycles. The Morgan fingerprint density at radius 3 is 2.88 bits per heavy atom. The molecular weight excluding hydrogens is 218 g/mol. The molecule has 1 fully saturated rings. The van der Waals surface area contributed by atoms with E-state index in [0.29, 0.717) is 0 Å². The zero-order chi connectivity index (χ0) is 11.4. The van der Waals surface area contributed by atoms with Gasteiger partial charge in [0, 0.05) is 11.3 Å². The zero-order valence-corrected chi connectivity index (χ0v) is 10.8. The first-order valence-corrected chi connectivity index (χ1v) is 6.87. The van der Waals surface area contributed by atoms with E-state index in [2.05, 4.69) is 30.4 Å². The van der Waals surface area contributed by atoms with Gasteiger partial charge in [-0.15, -0.1) is 0 Å². The topological polar surface area (TPSA) is 21.3 Å². The van der Waals surface area contributed by atoms with Crippen LogP contribution in [0.3, 0.4) is 0 Å². The van der Waals surface area contributed by atoms with Crippen molar-refractivity contribution >= 4 is 11.8 Å². The quantitative estimate of drug-likeness (QED) is 0.850. The lowest BCUT2D eigenvalue weighted by Crippen LogP contribution is -2.43. The summed E-state index contributed by atoms with van der Waals surface area (Å²) >= 11 is 2.01. The van der Waals surface area contributed by atoms with Crippen LogP contribution in [0.2, 0.25) is 0 Å². The summed E-state index contributed by atoms with van der Waals surface area (Å²) in [4.78, 5) is 0. The van der Waals surface area contributed by atoms with Crippen molar-refractivity contribution in [2.24, 2.45) is 5.92 Å². The standard InChI is InChI=1S/C13H19NOS/c1-10-3-4-13(15-2)12(5-10)9-16-8-11-6-14-7-11/h3-5,11,14H,6-9H2,1-2H3. The summed E-state index contributed by atoms with van der Waals surface area (Å²) in [7, 11) is 1.74. The first kappa shape index (κ1) is 11.8. The molecule has 1 aromatic rings. The third-order valence-corrected chi connectivity index (χ3v) is 4.14. The molecule has 0 amide bonds. The molecule has 2 nitrogen and oxygen atoms in total. The summed E-state index contributed by atoms with van der Waals surface area (Å²) in [6.45, 7) is 4.51. The fraction of sp³-hybridized carbons (Fsp3) is 0.538. The SMILES string of the molecule is COc1ccc(C)cc1CSCC1CNC1. The number of hydrogen-bond acceptors (Lipinski definition) is 3. The summed E-state index contributed by atoms with van der Waals surface area (Å²) in [6, 6.07) is 6.39. The predicted molar refractivity (Wildman–Crippen MR) is 70.3 cm³/mol. The molecule has 0 bridgehead atoms. The minimum absolute atomic E-state index is 0.876. The van der Waals surface area contributed by atoms with Gasteiger partial charge in [-0.3, -0.25) is 0 Å². The van der Waals surface area contributed by atoms with Gasteiger partial charge in [0.1, 0.15) is 5.75 Å². The molecule has 1 aliphatic heterocycles. The Morgan fingerprint density at radius 2 is 2.25 bits per heavy atom. The molecular formula is C13H19NOS. The summed E-state index contributed by atoms with van der Waals surface area (Å²) < 4.78 is 5.37. The van der Waals surface area contributed by atoms with Gasteiger partial charge in [0.2, 0.25) is 0 Å². The van der Waals surface area contributed by atoms with Crippen molar-refractivity contribution in [1.29, 1.82) is 0 Å². The molecule has 88 valence electrons. The minimum Gasteiger partial charge on any atom is -0.496 e. The maximum atomic E-state index is 5.37. The van der Waals surface area contributed by atoms with Crippen LogP contribution in [0.15, 0.2) is 18.2 Å². The van der Waals surface area contributed by atoms with E-state index in [4.69, 9.17) is 4.74 Å². The third-order valence-electron chi connectivity index (χ3n) is 2.91. The highest BCUT2D eigenvalue weighted by molar-refractivity contribution is 7.98. The van der Waals surface area contributed by atoms with E-state index in [0.717, 1.165) is 17.4 Å². The molecule has 2 rings (SSSR count). The zero-order valence-electron chi connectivity index (χ0n) is 9.95. The molecule has 0 atom stereocenters. The third kappa shape index (κ3) is 2.92. The lowest BCUT2D eigenvalue weighted by atomic mass is 10.1. The summed E-state index contributed by atoms with van der Waals surface area (Å²) in [5.41, 5.74) is 2.63. The molecule has 3 heteroatoms. The van der Waals surface area contributed by atoms with E-state index in [1.165, 1.54) is 30.0 Å². The van der Waals surface area contributed by atoms with Gasteiger partial charge < -0.3 is 10.1 Å². The largest absolute Gasteiger partial charge is 0.496 e. The van der Waals surface area contributed by atoms with Gasteiger partial charge in [0.25, 0.3) is 0 Å². The highest BCUT2D eigenvalue weighted by atomic mass is 32.2. The molecule has 1 aliphatic rings.